The van der Waals surface area contributed by atoms with E-state index in [1.165, 1.54) is 6.07 Å². The standard InChI is InChI=1S/C20H20F3NO/c1-24(2)11-5-6-14-12-15-13-16(20(21,22)23)9-10-18(15)25-19-8-4-3-7-17(14)19/h3-4,7-10,12-13H,5-6,11H2,1-2H3. The Balaban J connectivity index is 2.03. The fourth-order valence-electron chi connectivity index (χ4n) is 2.93. The molecule has 5 heteroatoms. The Morgan fingerprint density at radius 1 is 1.00 bits per heavy atom. The van der Waals surface area contributed by atoms with Crippen molar-refractivity contribution < 1.29 is 17.9 Å². The highest BCUT2D eigenvalue weighted by Crippen LogP contribution is 2.41. The van der Waals surface area contributed by atoms with Crippen LogP contribution in [0.1, 0.15) is 29.5 Å². The Bertz CT molecular complexity index is 794. The third-order valence-corrected chi connectivity index (χ3v) is 4.17. The minimum Gasteiger partial charge on any atom is -0.456 e. The number of benzene rings is 2. The number of hydrogen-bond donors (Lipinski definition) is 0. The van der Waals surface area contributed by atoms with Crippen molar-refractivity contribution in [1.82, 2.24) is 4.90 Å². The summed E-state index contributed by atoms with van der Waals surface area (Å²) in [5, 5.41) is 0. The number of rotatable bonds is 4. The van der Waals surface area contributed by atoms with Gasteiger partial charge in [-0.25, -0.2) is 0 Å². The van der Waals surface area contributed by atoms with Crippen LogP contribution < -0.4 is 4.74 Å². The quantitative estimate of drug-likeness (QED) is 0.704. The molecule has 2 aromatic carbocycles. The summed E-state index contributed by atoms with van der Waals surface area (Å²) in [6, 6.07) is 11.2. The first-order chi connectivity index (χ1) is 11.8. The van der Waals surface area contributed by atoms with Crippen molar-refractivity contribution in [2.24, 2.45) is 0 Å². The van der Waals surface area contributed by atoms with Crippen LogP contribution in [0.4, 0.5) is 13.2 Å². The van der Waals surface area contributed by atoms with Crippen LogP contribution in [0.25, 0.3) is 11.6 Å². The number of allylic oxidation sites excluding steroid dienone is 1. The lowest BCUT2D eigenvalue weighted by Crippen LogP contribution is -2.12. The molecule has 0 radical (unpaired) electrons. The summed E-state index contributed by atoms with van der Waals surface area (Å²) >= 11 is 0. The van der Waals surface area contributed by atoms with Gasteiger partial charge in [0.05, 0.1) is 5.56 Å². The lowest BCUT2D eigenvalue weighted by molar-refractivity contribution is -0.137. The molecule has 0 fully saturated rings. The second-order valence-corrected chi connectivity index (χ2v) is 6.42. The Morgan fingerprint density at radius 2 is 1.76 bits per heavy atom. The number of hydrogen-bond acceptors (Lipinski definition) is 2. The molecular formula is C20H20F3NO. The van der Waals surface area contributed by atoms with Crippen molar-refractivity contribution in [3.05, 3.63) is 59.2 Å². The van der Waals surface area contributed by atoms with Gasteiger partial charge in [0.25, 0.3) is 0 Å². The van der Waals surface area contributed by atoms with Gasteiger partial charge in [0, 0.05) is 11.1 Å². The maximum absolute atomic E-state index is 13.0. The van der Waals surface area contributed by atoms with E-state index in [-0.39, 0.29) is 0 Å². The van der Waals surface area contributed by atoms with Crippen molar-refractivity contribution in [3.8, 4) is 11.5 Å². The number of ether oxygens (including phenoxy) is 1. The zero-order chi connectivity index (χ0) is 18.0. The van der Waals surface area contributed by atoms with E-state index in [9.17, 15) is 13.2 Å². The highest BCUT2D eigenvalue weighted by Gasteiger charge is 2.31. The number of alkyl halides is 3. The zero-order valence-electron chi connectivity index (χ0n) is 14.2. The molecule has 2 nitrogen and oxygen atoms in total. The Kier molecular flexibility index (Phi) is 4.86. The third kappa shape index (κ3) is 4.04. The van der Waals surface area contributed by atoms with Crippen molar-refractivity contribution in [1.29, 1.82) is 0 Å². The summed E-state index contributed by atoms with van der Waals surface area (Å²) in [4.78, 5) is 2.09. The predicted octanol–water partition coefficient (Wildman–Crippen LogP) is 5.69. The second kappa shape index (κ2) is 6.92. The molecular weight excluding hydrogens is 327 g/mol. The molecule has 0 aliphatic carbocycles. The van der Waals surface area contributed by atoms with E-state index in [0.29, 0.717) is 17.1 Å². The maximum atomic E-state index is 13.0. The van der Waals surface area contributed by atoms with E-state index < -0.39 is 11.7 Å². The summed E-state index contributed by atoms with van der Waals surface area (Å²) in [5.41, 5.74) is 1.73. The molecule has 25 heavy (non-hydrogen) atoms. The fourth-order valence-corrected chi connectivity index (χ4v) is 2.93. The normalized spacial score (nSPS) is 13.6. The average Bonchev–Trinajstić information content (AvgIpc) is 2.69. The maximum Gasteiger partial charge on any atom is 0.416 e. The molecule has 1 aliphatic heterocycles. The topological polar surface area (TPSA) is 12.5 Å². The molecule has 0 aromatic heterocycles. The Morgan fingerprint density at radius 3 is 2.48 bits per heavy atom. The van der Waals surface area contributed by atoms with Gasteiger partial charge in [0.1, 0.15) is 11.5 Å². The van der Waals surface area contributed by atoms with Gasteiger partial charge >= 0.3 is 6.18 Å². The van der Waals surface area contributed by atoms with Crippen LogP contribution in [-0.2, 0) is 6.18 Å². The molecule has 1 aliphatic rings. The lowest BCUT2D eigenvalue weighted by atomic mass is 9.97. The van der Waals surface area contributed by atoms with Crippen LogP contribution >= 0.6 is 0 Å². The number of halogens is 3. The predicted molar refractivity (Wildman–Crippen MR) is 93.6 cm³/mol. The minimum atomic E-state index is -4.37. The molecule has 0 N–H and O–H groups in total. The molecule has 0 saturated carbocycles. The van der Waals surface area contributed by atoms with Crippen molar-refractivity contribution in [2.45, 2.75) is 19.0 Å². The SMILES string of the molecule is CN(C)CCCC1=Cc2cc(C(F)(F)F)ccc2Oc2ccccc21. The van der Waals surface area contributed by atoms with E-state index in [1.807, 2.05) is 44.4 Å². The second-order valence-electron chi connectivity index (χ2n) is 6.42. The molecule has 1 heterocycles. The van der Waals surface area contributed by atoms with Crippen LogP contribution in [0.15, 0.2) is 42.5 Å². The highest BCUT2D eigenvalue weighted by molar-refractivity contribution is 5.87. The van der Waals surface area contributed by atoms with Gasteiger partial charge in [-0.2, -0.15) is 13.2 Å². The van der Waals surface area contributed by atoms with Crippen LogP contribution in [0.2, 0.25) is 0 Å². The van der Waals surface area contributed by atoms with Gasteiger partial charge in [0.15, 0.2) is 0 Å². The van der Waals surface area contributed by atoms with Gasteiger partial charge < -0.3 is 9.64 Å². The molecule has 132 valence electrons. The van der Waals surface area contributed by atoms with Gasteiger partial charge in [-0.1, -0.05) is 18.2 Å². The summed E-state index contributed by atoms with van der Waals surface area (Å²) in [7, 11) is 4.01. The van der Waals surface area contributed by atoms with E-state index in [2.05, 4.69) is 4.90 Å². The monoisotopic (exact) mass is 347 g/mol. The first kappa shape index (κ1) is 17.5. The lowest BCUT2D eigenvalue weighted by Gasteiger charge is -2.13. The fraction of sp³-hybridized carbons (Fsp3) is 0.300. The number of nitrogens with zero attached hydrogens (tertiary/aromatic N) is 1. The van der Waals surface area contributed by atoms with Crippen LogP contribution in [0, 0.1) is 0 Å². The summed E-state index contributed by atoms with van der Waals surface area (Å²) in [6.45, 7) is 0.913. The molecule has 0 spiro atoms. The van der Waals surface area contributed by atoms with E-state index in [4.69, 9.17) is 4.74 Å². The first-order valence-corrected chi connectivity index (χ1v) is 8.18. The van der Waals surface area contributed by atoms with Gasteiger partial charge in [-0.05, 0) is 69.4 Å². The molecule has 2 aromatic rings. The van der Waals surface area contributed by atoms with Crippen LogP contribution in [-0.4, -0.2) is 25.5 Å². The molecule has 0 unspecified atom stereocenters. The van der Waals surface area contributed by atoms with Gasteiger partial charge in [0.2, 0.25) is 0 Å². The first-order valence-electron chi connectivity index (χ1n) is 8.18. The number of para-hydroxylation sites is 1. The highest BCUT2D eigenvalue weighted by atomic mass is 19.4. The van der Waals surface area contributed by atoms with E-state index >= 15 is 0 Å². The van der Waals surface area contributed by atoms with Crippen LogP contribution in [0.3, 0.4) is 0 Å². The Labute approximate surface area is 145 Å². The van der Waals surface area contributed by atoms with Gasteiger partial charge in [-0.15, -0.1) is 0 Å². The third-order valence-electron chi connectivity index (χ3n) is 4.17. The van der Waals surface area contributed by atoms with E-state index in [1.54, 1.807) is 0 Å². The van der Waals surface area contributed by atoms with Crippen LogP contribution in [0.5, 0.6) is 11.5 Å². The molecule has 0 atom stereocenters. The van der Waals surface area contributed by atoms with Gasteiger partial charge in [-0.3, -0.25) is 0 Å². The summed E-state index contributed by atoms with van der Waals surface area (Å²) in [5.74, 6) is 1.13. The summed E-state index contributed by atoms with van der Waals surface area (Å²) < 4.78 is 45.0. The average molecular weight is 347 g/mol. The molecule has 0 bridgehead atoms. The molecule has 3 rings (SSSR count). The molecule has 0 amide bonds. The zero-order valence-corrected chi connectivity index (χ0v) is 14.2. The number of fused-ring (bicyclic) bond motifs is 2. The minimum absolute atomic E-state index is 0.447. The smallest absolute Gasteiger partial charge is 0.416 e. The largest absolute Gasteiger partial charge is 0.456 e. The van der Waals surface area contributed by atoms with Crippen molar-refractivity contribution >= 4 is 11.6 Å². The molecule has 0 saturated heterocycles. The van der Waals surface area contributed by atoms with E-state index in [0.717, 1.165) is 42.7 Å². The Hall–Kier alpha value is -2.27. The van der Waals surface area contributed by atoms with Crippen molar-refractivity contribution in [2.75, 3.05) is 20.6 Å². The summed E-state index contributed by atoms with van der Waals surface area (Å²) in [6.07, 6.45) is -0.852. The van der Waals surface area contributed by atoms with Crippen molar-refractivity contribution in [3.63, 3.8) is 0 Å².